The number of fused-ring (bicyclic) bond motifs is 6. The fraction of sp³-hybridized carbons (Fsp3) is 0. The molecule has 0 amide bonds. The van der Waals surface area contributed by atoms with Crippen LogP contribution in [0.5, 0.6) is 0 Å². The zero-order chi connectivity index (χ0) is 25.8. The Morgan fingerprint density at radius 1 is 0.487 bits per heavy atom. The summed E-state index contributed by atoms with van der Waals surface area (Å²) in [5, 5.41) is 4.50. The van der Waals surface area contributed by atoms with Crippen molar-refractivity contribution in [2.75, 3.05) is 0 Å². The lowest BCUT2D eigenvalue weighted by Crippen LogP contribution is -1.95. The minimum Gasteiger partial charge on any atom is -0.256 e. The zero-order valence-electron chi connectivity index (χ0n) is 20.9. The molecule has 0 fully saturated rings. The highest BCUT2D eigenvalue weighted by atomic mass is 32.1. The number of nitrogens with zero attached hydrogens (tertiary/aromatic N) is 3. The lowest BCUT2D eigenvalue weighted by Gasteiger charge is -2.11. The number of thiophene rings is 1. The van der Waals surface area contributed by atoms with Crippen molar-refractivity contribution in [3.05, 3.63) is 128 Å². The second-order valence-corrected chi connectivity index (χ2v) is 10.7. The lowest BCUT2D eigenvalue weighted by molar-refractivity contribution is 1.24. The van der Waals surface area contributed by atoms with Crippen molar-refractivity contribution in [3.8, 4) is 33.8 Å². The first-order valence-electron chi connectivity index (χ1n) is 13.0. The number of benzene rings is 5. The maximum Gasteiger partial charge on any atom is 0.161 e. The van der Waals surface area contributed by atoms with Gasteiger partial charge in [0, 0.05) is 38.2 Å². The Morgan fingerprint density at radius 3 is 2.15 bits per heavy atom. The van der Waals surface area contributed by atoms with E-state index in [4.69, 9.17) is 9.97 Å². The summed E-state index contributed by atoms with van der Waals surface area (Å²) in [5.74, 6) is 0.731. The number of pyridine rings is 1. The summed E-state index contributed by atoms with van der Waals surface area (Å²) in [6.07, 6.45) is 1.85. The molecular formula is C35H21N3S. The second-order valence-electron chi connectivity index (χ2n) is 9.66. The van der Waals surface area contributed by atoms with Crippen LogP contribution in [0.15, 0.2) is 128 Å². The summed E-state index contributed by atoms with van der Waals surface area (Å²) in [5.41, 5.74) is 7.45. The van der Waals surface area contributed by atoms with E-state index in [0.717, 1.165) is 59.9 Å². The molecule has 0 aliphatic heterocycles. The largest absolute Gasteiger partial charge is 0.256 e. The van der Waals surface area contributed by atoms with Crippen LogP contribution in [-0.4, -0.2) is 15.0 Å². The molecule has 0 aliphatic rings. The van der Waals surface area contributed by atoms with Gasteiger partial charge in [-0.1, -0.05) is 109 Å². The highest BCUT2D eigenvalue weighted by Crippen LogP contribution is 2.40. The quantitative estimate of drug-likeness (QED) is 0.220. The highest BCUT2D eigenvalue weighted by Gasteiger charge is 2.18. The van der Waals surface area contributed by atoms with Crippen molar-refractivity contribution in [3.63, 3.8) is 0 Å². The van der Waals surface area contributed by atoms with Crippen LogP contribution in [0.3, 0.4) is 0 Å². The van der Waals surface area contributed by atoms with Crippen molar-refractivity contribution < 1.29 is 0 Å². The molecule has 39 heavy (non-hydrogen) atoms. The van der Waals surface area contributed by atoms with Crippen LogP contribution in [0.4, 0.5) is 0 Å². The minimum absolute atomic E-state index is 0.731. The first kappa shape index (κ1) is 22.1. The Kier molecular flexibility index (Phi) is 5.00. The fourth-order valence-corrected chi connectivity index (χ4v) is 6.61. The highest BCUT2D eigenvalue weighted by molar-refractivity contribution is 7.26. The summed E-state index contributed by atoms with van der Waals surface area (Å²) >= 11 is 1.76. The van der Waals surface area contributed by atoms with E-state index >= 15 is 0 Å². The maximum absolute atomic E-state index is 5.25. The van der Waals surface area contributed by atoms with Crippen LogP contribution in [0.1, 0.15) is 0 Å². The smallest absolute Gasteiger partial charge is 0.161 e. The Labute approximate surface area is 229 Å². The predicted octanol–water partition coefficient (Wildman–Crippen LogP) is 9.55. The molecule has 5 aromatic carbocycles. The topological polar surface area (TPSA) is 38.7 Å². The first-order chi connectivity index (χ1) is 19.3. The number of hydrogen-bond acceptors (Lipinski definition) is 4. The van der Waals surface area contributed by atoms with Crippen molar-refractivity contribution in [1.82, 2.24) is 15.0 Å². The van der Waals surface area contributed by atoms with Gasteiger partial charge in [0.25, 0.3) is 0 Å². The zero-order valence-corrected chi connectivity index (χ0v) is 21.7. The van der Waals surface area contributed by atoms with E-state index in [1.54, 1.807) is 11.3 Å². The average Bonchev–Trinajstić information content (AvgIpc) is 3.39. The molecular weight excluding hydrogens is 494 g/mol. The number of aromatic nitrogens is 3. The van der Waals surface area contributed by atoms with Crippen molar-refractivity contribution in [1.29, 1.82) is 0 Å². The van der Waals surface area contributed by atoms with Gasteiger partial charge < -0.3 is 0 Å². The normalized spacial score (nSPS) is 11.6. The van der Waals surface area contributed by atoms with E-state index < -0.39 is 0 Å². The van der Waals surface area contributed by atoms with Crippen molar-refractivity contribution in [2.24, 2.45) is 0 Å². The van der Waals surface area contributed by atoms with Gasteiger partial charge in [-0.25, -0.2) is 9.97 Å². The summed E-state index contributed by atoms with van der Waals surface area (Å²) in [4.78, 5) is 15.1. The minimum atomic E-state index is 0.731. The van der Waals surface area contributed by atoms with Gasteiger partial charge in [-0.3, -0.25) is 4.98 Å². The number of hydrogen-bond donors (Lipinski definition) is 0. The van der Waals surface area contributed by atoms with Gasteiger partial charge in [-0.15, -0.1) is 11.3 Å². The van der Waals surface area contributed by atoms with Gasteiger partial charge in [-0.05, 0) is 28.6 Å². The third-order valence-electron chi connectivity index (χ3n) is 7.36. The summed E-state index contributed by atoms with van der Waals surface area (Å²) in [6.45, 7) is 0. The van der Waals surface area contributed by atoms with Crippen LogP contribution in [0, 0.1) is 0 Å². The van der Waals surface area contributed by atoms with Crippen LogP contribution in [-0.2, 0) is 0 Å². The maximum atomic E-state index is 5.25. The Hall–Kier alpha value is -4.93. The number of rotatable bonds is 3. The van der Waals surface area contributed by atoms with E-state index in [-0.39, 0.29) is 0 Å². The first-order valence-corrected chi connectivity index (χ1v) is 13.8. The molecule has 0 unspecified atom stereocenters. The van der Waals surface area contributed by atoms with Crippen LogP contribution < -0.4 is 0 Å². The molecule has 0 bridgehead atoms. The van der Waals surface area contributed by atoms with E-state index in [0.29, 0.717) is 0 Å². The third-order valence-corrected chi connectivity index (χ3v) is 8.52. The molecule has 3 heterocycles. The summed E-state index contributed by atoms with van der Waals surface area (Å²) < 4.78 is 2.33. The Bertz CT molecular complexity index is 2160. The van der Waals surface area contributed by atoms with E-state index in [1.807, 2.05) is 18.3 Å². The monoisotopic (exact) mass is 515 g/mol. The second kappa shape index (κ2) is 8.83. The molecule has 8 rings (SSSR count). The molecule has 0 radical (unpaired) electrons. The Morgan fingerprint density at radius 2 is 1.26 bits per heavy atom. The van der Waals surface area contributed by atoms with Crippen molar-refractivity contribution in [2.45, 2.75) is 0 Å². The average molecular weight is 516 g/mol. The van der Waals surface area contributed by atoms with E-state index in [2.05, 4.69) is 114 Å². The van der Waals surface area contributed by atoms with E-state index in [9.17, 15) is 0 Å². The molecule has 3 aromatic heterocycles. The van der Waals surface area contributed by atoms with Crippen molar-refractivity contribution >= 4 is 53.3 Å². The van der Waals surface area contributed by atoms with Crippen LogP contribution in [0.2, 0.25) is 0 Å². The van der Waals surface area contributed by atoms with Gasteiger partial charge in [-0.2, -0.15) is 0 Å². The predicted molar refractivity (Wildman–Crippen MR) is 164 cm³/mol. The van der Waals surface area contributed by atoms with Gasteiger partial charge >= 0.3 is 0 Å². The summed E-state index contributed by atoms with van der Waals surface area (Å²) in [6, 6.07) is 42.4. The molecule has 3 nitrogen and oxygen atoms in total. The molecule has 0 aliphatic carbocycles. The van der Waals surface area contributed by atoms with Crippen LogP contribution >= 0.6 is 11.3 Å². The van der Waals surface area contributed by atoms with Gasteiger partial charge in [0.05, 0.1) is 21.4 Å². The molecule has 0 N–H and O–H groups in total. The SMILES string of the molecule is c1ccc(-c2ccc(-c3nc(-c4cccc5c4ccc4cccnc45)nc4c3sc3ccccc34)cc2)cc1. The van der Waals surface area contributed by atoms with Gasteiger partial charge in [0.1, 0.15) is 0 Å². The van der Waals surface area contributed by atoms with Crippen LogP contribution in [0.25, 0.3) is 75.8 Å². The molecule has 0 saturated carbocycles. The standard InChI is InChI=1S/C35H21N3S/c1-2-8-22(9-3-1)23-15-17-25(18-16-23)32-34-33(29-11-4-5-14-30(29)39-34)38-35(37-32)28-13-6-12-27-26(28)20-19-24-10-7-21-36-31(24)27/h1-21H. The Balaban J connectivity index is 1.39. The molecule has 0 saturated heterocycles. The van der Waals surface area contributed by atoms with Gasteiger partial charge in [0.2, 0.25) is 0 Å². The molecule has 8 aromatic rings. The molecule has 0 spiro atoms. The fourth-order valence-electron chi connectivity index (χ4n) is 5.45. The van der Waals surface area contributed by atoms with E-state index in [1.165, 1.54) is 15.8 Å². The molecule has 182 valence electrons. The third kappa shape index (κ3) is 3.61. The van der Waals surface area contributed by atoms with Gasteiger partial charge in [0.15, 0.2) is 5.82 Å². The molecule has 4 heteroatoms. The molecule has 0 atom stereocenters. The summed E-state index contributed by atoms with van der Waals surface area (Å²) in [7, 11) is 0. The lowest BCUT2D eigenvalue weighted by atomic mass is 10.00.